The summed E-state index contributed by atoms with van der Waals surface area (Å²) in [6.45, 7) is 1.58. The number of halogens is 1. The van der Waals surface area contributed by atoms with Gasteiger partial charge in [0.25, 0.3) is 11.6 Å². The van der Waals surface area contributed by atoms with Crippen molar-refractivity contribution in [2.24, 2.45) is 0 Å². The minimum atomic E-state index is -0.484. The lowest BCUT2D eigenvalue weighted by Crippen LogP contribution is -2.14. The predicted molar refractivity (Wildman–Crippen MR) is 113 cm³/mol. The molecular weight excluding hydrogens is 396 g/mol. The van der Waals surface area contributed by atoms with Crippen LogP contribution in [-0.4, -0.2) is 10.8 Å². The van der Waals surface area contributed by atoms with E-state index in [-0.39, 0.29) is 17.2 Å². The third-order valence-corrected chi connectivity index (χ3v) is 5.59. The molecule has 142 valence electrons. The van der Waals surface area contributed by atoms with Gasteiger partial charge < -0.3 is 5.32 Å². The second-order valence-electron chi connectivity index (χ2n) is 6.07. The zero-order valence-electron chi connectivity index (χ0n) is 15.0. The van der Waals surface area contributed by atoms with E-state index >= 15 is 0 Å². The number of hydrogen-bond acceptors (Lipinski definition) is 4. The highest BCUT2D eigenvalue weighted by atomic mass is 35.5. The van der Waals surface area contributed by atoms with Crippen LogP contribution < -0.4 is 5.32 Å². The first-order valence-corrected chi connectivity index (χ1v) is 9.83. The van der Waals surface area contributed by atoms with Crippen LogP contribution in [0, 0.1) is 17.0 Å². The number of nitrogens with one attached hydrogen (secondary N) is 1. The molecule has 0 heterocycles. The molecule has 3 aromatic rings. The van der Waals surface area contributed by atoms with Gasteiger partial charge in [-0.3, -0.25) is 14.9 Å². The molecule has 0 bridgehead atoms. The van der Waals surface area contributed by atoms with Crippen LogP contribution in [-0.2, 0) is 5.75 Å². The van der Waals surface area contributed by atoms with Gasteiger partial charge in [-0.25, -0.2) is 0 Å². The standard InChI is InChI=1S/C21H17ClN2O3S/c1-14-17(5-4-7-19(14)24(26)27)21(25)23-18-6-2-3-8-20(18)28-13-15-9-11-16(22)12-10-15/h2-12H,13H2,1H3,(H,23,25). The van der Waals surface area contributed by atoms with E-state index in [1.807, 2.05) is 48.5 Å². The van der Waals surface area contributed by atoms with Crippen LogP contribution >= 0.6 is 23.4 Å². The lowest BCUT2D eigenvalue weighted by molar-refractivity contribution is -0.385. The largest absolute Gasteiger partial charge is 0.321 e. The molecule has 0 spiro atoms. The van der Waals surface area contributed by atoms with Crippen molar-refractivity contribution in [2.75, 3.05) is 5.32 Å². The summed E-state index contributed by atoms with van der Waals surface area (Å²) in [6.07, 6.45) is 0. The molecule has 0 radical (unpaired) electrons. The summed E-state index contributed by atoms with van der Waals surface area (Å²) in [5.41, 5.74) is 2.34. The number of benzene rings is 3. The van der Waals surface area contributed by atoms with Crippen molar-refractivity contribution < 1.29 is 9.72 Å². The highest BCUT2D eigenvalue weighted by Gasteiger charge is 2.18. The minimum absolute atomic E-state index is 0.0713. The summed E-state index contributed by atoms with van der Waals surface area (Å²) < 4.78 is 0. The first-order valence-electron chi connectivity index (χ1n) is 8.47. The Bertz CT molecular complexity index is 1020. The predicted octanol–water partition coefficient (Wildman–Crippen LogP) is 6.10. The van der Waals surface area contributed by atoms with Crippen molar-refractivity contribution in [3.05, 3.63) is 98.6 Å². The molecule has 7 heteroatoms. The molecule has 3 rings (SSSR count). The number of nitro groups is 1. The Morgan fingerprint density at radius 3 is 2.50 bits per heavy atom. The number of carbonyl (C=O) groups excluding carboxylic acids is 1. The maximum absolute atomic E-state index is 12.7. The summed E-state index contributed by atoms with van der Waals surface area (Å²) >= 11 is 7.51. The maximum Gasteiger partial charge on any atom is 0.273 e. The minimum Gasteiger partial charge on any atom is -0.321 e. The summed E-state index contributed by atoms with van der Waals surface area (Å²) in [5.74, 6) is 0.348. The summed E-state index contributed by atoms with van der Waals surface area (Å²) in [6, 6.07) is 19.6. The monoisotopic (exact) mass is 412 g/mol. The molecule has 0 saturated carbocycles. The second-order valence-corrected chi connectivity index (χ2v) is 7.53. The van der Waals surface area contributed by atoms with E-state index < -0.39 is 4.92 Å². The first-order chi connectivity index (χ1) is 13.5. The third kappa shape index (κ3) is 4.71. The molecule has 28 heavy (non-hydrogen) atoms. The topological polar surface area (TPSA) is 72.2 Å². The molecule has 0 atom stereocenters. The van der Waals surface area contributed by atoms with Crippen LogP contribution in [0.1, 0.15) is 21.5 Å². The molecule has 0 fully saturated rings. The van der Waals surface area contributed by atoms with Crippen molar-refractivity contribution in [3.8, 4) is 0 Å². The number of amides is 1. The molecule has 0 aliphatic carbocycles. The molecule has 5 nitrogen and oxygen atoms in total. The molecule has 0 unspecified atom stereocenters. The second kappa shape index (κ2) is 8.91. The van der Waals surface area contributed by atoms with E-state index in [1.54, 1.807) is 24.8 Å². The van der Waals surface area contributed by atoms with Crippen LogP contribution in [0.4, 0.5) is 11.4 Å². The number of nitro benzene ring substituents is 1. The number of thioether (sulfide) groups is 1. The van der Waals surface area contributed by atoms with Crippen LogP contribution in [0.5, 0.6) is 0 Å². The van der Waals surface area contributed by atoms with Crippen molar-refractivity contribution in [2.45, 2.75) is 17.6 Å². The molecule has 0 aliphatic heterocycles. The lowest BCUT2D eigenvalue weighted by atomic mass is 10.1. The fourth-order valence-electron chi connectivity index (χ4n) is 2.69. The number of hydrogen-bond donors (Lipinski definition) is 1. The smallest absolute Gasteiger partial charge is 0.273 e. The molecule has 0 saturated heterocycles. The van der Waals surface area contributed by atoms with Crippen molar-refractivity contribution in [3.63, 3.8) is 0 Å². The fourth-order valence-corrected chi connectivity index (χ4v) is 3.78. The van der Waals surface area contributed by atoms with E-state index in [2.05, 4.69) is 5.32 Å². The van der Waals surface area contributed by atoms with Crippen LogP contribution in [0.2, 0.25) is 5.02 Å². The number of carbonyl (C=O) groups is 1. The first kappa shape index (κ1) is 19.9. The van der Waals surface area contributed by atoms with Gasteiger partial charge in [0.2, 0.25) is 0 Å². The van der Waals surface area contributed by atoms with Gasteiger partial charge in [0, 0.05) is 32.9 Å². The van der Waals surface area contributed by atoms with Gasteiger partial charge in [-0.2, -0.15) is 0 Å². The van der Waals surface area contributed by atoms with Gasteiger partial charge in [0.05, 0.1) is 10.6 Å². The molecule has 0 aromatic heterocycles. The van der Waals surface area contributed by atoms with Gasteiger partial charge in [-0.1, -0.05) is 41.9 Å². The molecule has 3 aromatic carbocycles. The lowest BCUT2D eigenvalue weighted by Gasteiger charge is -2.12. The highest BCUT2D eigenvalue weighted by Crippen LogP contribution is 2.31. The molecule has 1 amide bonds. The van der Waals surface area contributed by atoms with Crippen molar-refractivity contribution in [1.82, 2.24) is 0 Å². The average Bonchev–Trinajstić information content (AvgIpc) is 2.68. The van der Waals surface area contributed by atoms with E-state index in [4.69, 9.17) is 11.6 Å². The summed E-state index contributed by atoms with van der Waals surface area (Å²) in [7, 11) is 0. The Labute approximate surface area is 171 Å². The molecule has 0 aliphatic rings. The van der Waals surface area contributed by atoms with Gasteiger partial charge >= 0.3 is 0 Å². The zero-order chi connectivity index (χ0) is 20.1. The van der Waals surface area contributed by atoms with Gasteiger partial charge in [-0.15, -0.1) is 11.8 Å². The fraction of sp³-hybridized carbons (Fsp3) is 0.0952. The summed E-state index contributed by atoms with van der Waals surface area (Å²) in [4.78, 5) is 24.3. The Kier molecular flexibility index (Phi) is 6.34. The quantitative estimate of drug-likeness (QED) is 0.301. The van der Waals surface area contributed by atoms with Gasteiger partial charge in [0.15, 0.2) is 0 Å². The van der Waals surface area contributed by atoms with Gasteiger partial charge in [0.1, 0.15) is 0 Å². The van der Waals surface area contributed by atoms with E-state index in [0.717, 1.165) is 16.2 Å². The zero-order valence-corrected chi connectivity index (χ0v) is 16.6. The Morgan fingerprint density at radius 2 is 1.79 bits per heavy atom. The van der Waals surface area contributed by atoms with E-state index in [9.17, 15) is 14.9 Å². The summed E-state index contributed by atoms with van der Waals surface area (Å²) in [5, 5.41) is 14.7. The Hall–Kier alpha value is -2.83. The Morgan fingerprint density at radius 1 is 1.07 bits per heavy atom. The van der Waals surface area contributed by atoms with E-state index in [1.165, 1.54) is 12.1 Å². The van der Waals surface area contributed by atoms with Crippen molar-refractivity contribution in [1.29, 1.82) is 0 Å². The van der Waals surface area contributed by atoms with Crippen LogP contribution in [0.3, 0.4) is 0 Å². The van der Waals surface area contributed by atoms with Crippen LogP contribution in [0.25, 0.3) is 0 Å². The SMILES string of the molecule is Cc1c(C(=O)Nc2ccccc2SCc2ccc(Cl)cc2)cccc1[N+](=O)[O-]. The number of anilines is 1. The highest BCUT2D eigenvalue weighted by molar-refractivity contribution is 7.98. The Balaban J connectivity index is 1.78. The average molecular weight is 413 g/mol. The van der Waals surface area contributed by atoms with Gasteiger partial charge in [-0.05, 0) is 42.8 Å². The number of para-hydroxylation sites is 1. The number of nitrogens with zero attached hydrogens (tertiary/aromatic N) is 1. The number of rotatable bonds is 6. The van der Waals surface area contributed by atoms with Crippen LogP contribution in [0.15, 0.2) is 71.6 Å². The maximum atomic E-state index is 12.7. The van der Waals surface area contributed by atoms with E-state index in [0.29, 0.717) is 16.3 Å². The normalized spacial score (nSPS) is 10.5. The third-order valence-electron chi connectivity index (χ3n) is 4.19. The molecular formula is C21H17ClN2O3S. The van der Waals surface area contributed by atoms with Crippen molar-refractivity contribution >= 4 is 40.6 Å². The molecule has 1 N–H and O–H groups in total.